The highest BCUT2D eigenvalue weighted by molar-refractivity contribution is 5.78. The minimum atomic E-state index is -0.189. The van der Waals surface area contributed by atoms with E-state index in [-0.39, 0.29) is 11.7 Å². The topological polar surface area (TPSA) is 52.9 Å². The Labute approximate surface area is 123 Å². The third-order valence-corrected chi connectivity index (χ3v) is 4.15. The summed E-state index contributed by atoms with van der Waals surface area (Å²) >= 11 is 0. The van der Waals surface area contributed by atoms with E-state index < -0.39 is 0 Å². The Kier molecular flexibility index (Phi) is 3.18. The van der Waals surface area contributed by atoms with Crippen LogP contribution in [-0.2, 0) is 14.1 Å². The highest BCUT2D eigenvalue weighted by atomic mass is 16.1. The molecule has 1 heterocycles. The molecule has 0 aliphatic heterocycles. The van der Waals surface area contributed by atoms with Gasteiger partial charge in [-0.2, -0.15) is 0 Å². The van der Waals surface area contributed by atoms with Crippen molar-refractivity contribution in [3.63, 3.8) is 0 Å². The van der Waals surface area contributed by atoms with Crippen LogP contribution in [0.15, 0.2) is 47.3 Å². The Hall–Kier alpha value is -2.33. The summed E-state index contributed by atoms with van der Waals surface area (Å²) in [7, 11) is 3.58. The Morgan fingerprint density at radius 1 is 1.00 bits per heavy atom. The van der Waals surface area contributed by atoms with Crippen LogP contribution in [0.3, 0.4) is 0 Å². The molecule has 4 nitrogen and oxygen atoms in total. The van der Waals surface area contributed by atoms with Crippen molar-refractivity contribution in [3.8, 4) is 0 Å². The van der Waals surface area contributed by atoms with Crippen molar-refractivity contribution in [1.82, 2.24) is 9.13 Å². The zero-order valence-corrected chi connectivity index (χ0v) is 12.5. The van der Waals surface area contributed by atoms with E-state index in [2.05, 4.69) is 0 Å². The largest absolute Gasteiger partial charge is 0.328 e. The van der Waals surface area contributed by atoms with Crippen LogP contribution in [0.5, 0.6) is 0 Å². The molecule has 3 aromatic rings. The van der Waals surface area contributed by atoms with E-state index in [0.29, 0.717) is 0 Å². The van der Waals surface area contributed by atoms with E-state index in [0.717, 1.165) is 27.7 Å². The smallest absolute Gasteiger partial charge is 0.320 e. The summed E-state index contributed by atoms with van der Waals surface area (Å²) in [6.45, 7) is 2.04. The van der Waals surface area contributed by atoms with E-state index in [9.17, 15) is 4.79 Å². The van der Waals surface area contributed by atoms with Crippen LogP contribution in [0.25, 0.3) is 11.0 Å². The van der Waals surface area contributed by atoms with Crippen molar-refractivity contribution in [3.05, 3.63) is 69.6 Å². The van der Waals surface area contributed by atoms with Crippen LogP contribution in [0, 0.1) is 6.92 Å². The molecule has 0 aliphatic rings. The lowest BCUT2D eigenvalue weighted by Gasteiger charge is -2.16. The van der Waals surface area contributed by atoms with Crippen molar-refractivity contribution >= 4 is 11.0 Å². The van der Waals surface area contributed by atoms with Gasteiger partial charge in [-0.15, -0.1) is 0 Å². The van der Waals surface area contributed by atoms with Gasteiger partial charge in [0.05, 0.1) is 17.1 Å². The van der Waals surface area contributed by atoms with E-state index in [1.54, 1.807) is 23.2 Å². The molecule has 2 N–H and O–H groups in total. The Morgan fingerprint density at radius 3 is 2.19 bits per heavy atom. The number of rotatable bonds is 2. The average molecular weight is 281 g/mol. The number of hydrogen-bond donors (Lipinski definition) is 1. The second-order valence-electron chi connectivity index (χ2n) is 5.49. The second-order valence-corrected chi connectivity index (χ2v) is 5.49. The van der Waals surface area contributed by atoms with Gasteiger partial charge in [-0.3, -0.25) is 9.13 Å². The first-order valence-corrected chi connectivity index (χ1v) is 6.97. The molecule has 3 rings (SSSR count). The van der Waals surface area contributed by atoms with Crippen LogP contribution in [0.1, 0.15) is 22.7 Å². The maximum atomic E-state index is 12.0. The molecule has 4 heteroatoms. The molecule has 2 aromatic carbocycles. The molecule has 1 unspecified atom stereocenters. The molecule has 0 spiro atoms. The van der Waals surface area contributed by atoms with E-state index in [4.69, 9.17) is 5.73 Å². The Morgan fingerprint density at radius 2 is 1.57 bits per heavy atom. The number of hydrogen-bond acceptors (Lipinski definition) is 2. The van der Waals surface area contributed by atoms with Crippen molar-refractivity contribution in [2.75, 3.05) is 0 Å². The van der Waals surface area contributed by atoms with Crippen molar-refractivity contribution in [2.24, 2.45) is 19.8 Å². The minimum Gasteiger partial charge on any atom is -0.320 e. The molecule has 21 heavy (non-hydrogen) atoms. The number of aromatic nitrogens is 2. The maximum absolute atomic E-state index is 12.0. The Balaban J connectivity index is 2.22. The molecule has 1 atom stereocenters. The van der Waals surface area contributed by atoms with Gasteiger partial charge in [0.1, 0.15) is 0 Å². The first-order chi connectivity index (χ1) is 10.0. The second kappa shape index (κ2) is 4.90. The number of benzene rings is 2. The molecule has 0 fully saturated rings. The fourth-order valence-electron chi connectivity index (χ4n) is 2.84. The predicted molar refractivity (Wildman–Crippen MR) is 85.4 cm³/mol. The van der Waals surface area contributed by atoms with Crippen LogP contribution < -0.4 is 11.4 Å². The molecule has 1 aromatic heterocycles. The van der Waals surface area contributed by atoms with Gasteiger partial charge in [-0.1, -0.05) is 30.3 Å². The lowest BCUT2D eigenvalue weighted by atomic mass is 9.95. The Bertz CT molecular complexity index is 859. The molecule has 0 aliphatic carbocycles. The zero-order chi connectivity index (χ0) is 15.1. The summed E-state index contributed by atoms with van der Waals surface area (Å²) in [5.41, 5.74) is 11.5. The van der Waals surface area contributed by atoms with Crippen LogP contribution in [0.4, 0.5) is 0 Å². The summed E-state index contributed by atoms with van der Waals surface area (Å²) in [5, 5.41) is 0. The van der Waals surface area contributed by atoms with Crippen molar-refractivity contribution in [1.29, 1.82) is 0 Å². The summed E-state index contributed by atoms with van der Waals surface area (Å²) in [6, 6.07) is 13.9. The molecular weight excluding hydrogens is 262 g/mol. The standard InChI is InChI=1S/C17H19N3O/c1-11-9-14-15(20(3)17(21)19(14)2)10-13(11)16(18)12-7-5-4-6-8-12/h4-10,16H,18H2,1-3H3. The molecule has 108 valence electrons. The molecule has 0 saturated heterocycles. The van der Waals surface area contributed by atoms with Gasteiger partial charge in [0.25, 0.3) is 0 Å². The van der Waals surface area contributed by atoms with Gasteiger partial charge >= 0.3 is 5.69 Å². The van der Waals surface area contributed by atoms with E-state index >= 15 is 0 Å². The van der Waals surface area contributed by atoms with Gasteiger partial charge in [0.2, 0.25) is 0 Å². The first kappa shape index (κ1) is 13.6. The molecule has 0 radical (unpaired) electrons. The predicted octanol–water partition coefficient (Wildman–Crippen LogP) is 2.23. The van der Waals surface area contributed by atoms with Gasteiger partial charge in [-0.05, 0) is 35.7 Å². The van der Waals surface area contributed by atoms with Gasteiger partial charge < -0.3 is 5.73 Å². The van der Waals surface area contributed by atoms with E-state index in [1.807, 2.05) is 49.4 Å². The fourth-order valence-corrected chi connectivity index (χ4v) is 2.84. The highest BCUT2D eigenvalue weighted by Gasteiger charge is 2.15. The zero-order valence-electron chi connectivity index (χ0n) is 12.5. The molecule has 0 saturated carbocycles. The summed E-state index contributed by atoms with van der Waals surface area (Å²) < 4.78 is 3.33. The van der Waals surface area contributed by atoms with Crippen LogP contribution in [0.2, 0.25) is 0 Å². The monoisotopic (exact) mass is 281 g/mol. The number of aryl methyl sites for hydroxylation is 3. The van der Waals surface area contributed by atoms with Crippen molar-refractivity contribution in [2.45, 2.75) is 13.0 Å². The fraction of sp³-hybridized carbons (Fsp3) is 0.235. The molecule has 0 bridgehead atoms. The summed E-state index contributed by atoms with van der Waals surface area (Å²) in [5.74, 6) is 0. The summed E-state index contributed by atoms with van der Waals surface area (Å²) in [6.07, 6.45) is 0. The van der Waals surface area contributed by atoms with Gasteiger partial charge in [0.15, 0.2) is 0 Å². The average Bonchev–Trinajstić information content (AvgIpc) is 2.71. The van der Waals surface area contributed by atoms with Crippen LogP contribution >= 0.6 is 0 Å². The normalized spacial score (nSPS) is 12.8. The number of fused-ring (bicyclic) bond motifs is 1. The number of nitrogens with two attached hydrogens (primary N) is 1. The van der Waals surface area contributed by atoms with Crippen LogP contribution in [-0.4, -0.2) is 9.13 Å². The number of imidazole rings is 1. The third kappa shape index (κ3) is 2.08. The minimum absolute atomic E-state index is 0.0187. The third-order valence-electron chi connectivity index (χ3n) is 4.15. The van der Waals surface area contributed by atoms with Gasteiger partial charge in [-0.25, -0.2) is 4.79 Å². The highest BCUT2D eigenvalue weighted by Crippen LogP contribution is 2.26. The molecular formula is C17H19N3O. The quantitative estimate of drug-likeness (QED) is 0.783. The lowest BCUT2D eigenvalue weighted by molar-refractivity contribution is 0.795. The van der Waals surface area contributed by atoms with Crippen molar-refractivity contribution < 1.29 is 0 Å². The molecule has 0 amide bonds. The lowest BCUT2D eigenvalue weighted by Crippen LogP contribution is -2.19. The number of nitrogens with zero attached hydrogens (tertiary/aromatic N) is 2. The van der Waals surface area contributed by atoms with Gasteiger partial charge in [0, 0.05) is 14.1 Å². The summed E-state index contributed by atoms with van der Waals surface area (Å²) in [4.78, 5) is 12.0. The van der Waals surface area contributed by atoms with E-state index in [1.165, 1.54) is 0 Å². The maximum Gasteiger partial charge on any atom is 0.328 e. The SMILES string of the molecule is Cc1cc2c(cc1C(N)c1ccccc1)n(C)c(=O)n2C. The first-order valence-electron chi connectivity index (χ1n) is 6.97.